The molecule has 0 saturated carbocycles. The summed E-state index contributed by atoms with van der Waals surface area (Å²) in [5, 5.41) is 8.73. The van der Waals surface area contributed by atoms with Gasteiger partial charge in [-0.3, -0.25) is 13.9 Å². The van der Waals surface area contributed by atoms with Crippen LogP contribution < -0.4 is 11.2 Å². The van der Waals surface area contributed by atoms with Crippen molar-refractivity contribution in [2.75, 3.05) is 0 Å². The van der Waals surface area contributed by atoms with Gasteiger partial charge in [0.15, 0.2) is 11.2 Å². The van der Waals surface area contributed by atoms with Crippen LogP contribution in [0, 0.1) is 18.3 Å². The molecule has 17 heavy (non-hydrogen) atoms. The molecular weight excluding hydrogens is 222 g/mol. The van der Waals surface area contributed by atoms with E-state index in [2.05, 4.69) is 4.98 Å². The van der Waals surface area contributed by atoms with Crippen molar-refractivity contribution in [3.8, 4) is 6.07 Å². The first-order valence-corrected chi connectivity index (χ1v) is 4.98. The minimum Gasteiger partial charge on any atom is -0.308 e. The fraction of sp³-hybridized carbons (Fsp3) is 0.400. The first kappa shape index (κ1) is 11.1. The zero-order valence-electron chi connectivity index (χ0n) is 9.76. The van der Waals surface area contributed by atoms with Gasteiger partial charge in [0.25, 0.3) is 5.56 Å². The van der Waals surface area contributed by atoms with Crippen LogP contribution in [0.5, 0.6) is 0 Å². The molecule has 0 N–H and O–H groups in total. The molecule has 2 aromatic heterocycles. The maximum absolute atomic E-state index is 12.0. The molecule has 2 rings (SSSR count). The van der Waals surface area contributed by atoms with Crippen LogP contribution in [-0.2, 0) is 20.6 Å². The lowest BCUT2D eigenvalue weighted by atomic mass is 10.5. The van der Waals surface area contributed by atoms with Gasteiger partial charge in [-0.2, -0.15) is 5.26 Å². The third-order valence-corrected chi connectivity index (χ3v) is 2.77. The molecule has 0 aromatic carbocycles. The van der Waals surface area contributed by atoms with Gasteiger partial charge in [0.1, 0.15) is 12.4 Å². The lowest BCUT2D eigenvalue weighted by Gasteiger charge is -2.04. The third kappa shape index (κ3) is 1.38. The highest BCUT2D eigenvalue weighted by atomic mass is 16.2. The molecule has 0 aliphatic rings. The van der Waals surface area contributed by atoms with E-state index in [1.165, 1.54) is 16.2 Å². The first-order valence-electron chi connectivity index (χ1n) is 4.98. The van der Waals surface area contributed by atoms with Crippen LogP contribution in [0.25, 0.3) is 11.2 Å². The minimum absolute atomic E-state index is 0.0375. The standard InChI is InChI=1S/C10H11N5O2/c1-6-12-8-7(15(6)5-4-11)9(16)14(3)10(17)13(8)2/h5H2,1-3H3. The molecule has 2 heterocycles. The Kier molecular flexibility index (Phi) is 2.35. The lowest BCUT2D eigenvalue weighted by Crippen LogP contribution is -2.37. The summed E-state index contributed by atoms with van der Waals surface area (Å²) in [5.41, 5.74) is -0.262. The summed E-state index contributed by atoms with van der Waals surface area (Å²) < 4.78 is 3.83. The van der Waals surface area contributed by atoms with Crippen molar-refractivity contribution in [3.05, 3.63) is 26.7 Å². The molecule has 0 unspecified atom stereocenters. The van der Waals surface area contributed by atoms with Crippen molar-refractivity contribution in [1.82, 2.24) is 18.7 Å². The number of hydrogen-bond acceptors (Lipinski definition) is 4. The summed E-state index contributed by atoms with van der Waals surface area (Å²) in [6, 6.07) is 1.97. The zero-order chi connectivity index (χ0) is 12.7. The molecule has 7 heteroatoms. The SMILES string of the molecule is Cc1nc2c(c(=O)n(C)c(=O)n2C)n1CC#N. The maximum Gasteiger partial charge on any atom is 0.332 e. The maximum atomic E-state index is 12.0. The molecule has 2 aromatic rings. The second-order valence-corrected chi connectivity index (χ2v) is 3.78. The number of aryl methyl sites for hydroxylation is 2. The molecule has 0 amide bonds. The zero-order valence-corrected chi connectivity index (χ0v) is 9.76. The smallest absolute Gasteiger partial charge is 0.308 e. The van der Waals surface area contributed by atoms with Gasteiger partial charge < -0.3 is 4.57 Å². The molecule has 0 aliphatic carbocycles. The van der Waals surface area contributed by atoms with Gasteiger partial charge in [-0.05, 0) is 6.92 Å². The summed E-state index contributed by atoms with van der Waals surface area (Å²) >= 11 is 0. The van der Waals surface area contributed by atoms with E-state index in [-0.39, 0.29) is 12.1 Å². The molecule has 0 spiro atoms. The third-order valence-electron chi connectivity index (χ3n) is 2.77. The van der Waals surface area contributed by atoms with Crippen LogP contribution in [0.1, 0.15) is 5.82 Å². The Morgan fingerprint density at radius 3 is 2.53 bits per heavy atom. The van der Waals surface area contributed by atoms with Crippen LogP contribution in [0.15, 0.2) is 9.59 Å². The van der Waals surface area contributed by atoms with Crippen LogP contribution in [0.3, 0.4) is 0 Å². The average molecular weight is 233 g/mol. The molecular formula is C10H11N5O2. The molecule has 7 nitrogen and oxygen atoms in total. The van der Waals surface area contributed by atoms with Crippen LogP contribution >= 0.6 is 0 Å². The van der Waals surface area contributed by atoms with E-state index in [1.54, 1.807) is 14.0 Å². The number of nitriles is 1. The van der Waals surface area contributed by atoms with Crippen LogP contribution in [0.2, 0.25) is 0 Å². The highest BCUT2D eigenvalue weighted by Gasteiger charge is 2.16. The number of rotatable bonds is 1. The van der Waals surface area contributed by atoms with Gasteiger partial charge in [-0.15, -0.1) is 0 Å². The Balaban J connectivity index is 3.09. The summed E-state index contributed by atoms with van der Waals surface area (Å²) in [6.07, 6.45) is 0. The Bertz CT molecular complexity index is 756. The topological polar surface area (TPSA) is 85.6 Å². The number of aromatic nitrogens is 4. The quantitative estimate of drug-likeness (QED) is 0.649. The number of nitrogens with zero attached hydrogens (tertiary/aromatic N) is 5. The summed E-state index contributed by atoms with van der Waals surface area (Å²) in [4.78, 5) is 27.8. The van der Waals surface area contributed by atoms with Crippen LogP contribution in [-0.4, -0.2) is 18.7 Å². The fourth-order valence-corrected chi connectivity index (χ4v) is 1.82. The van der Waals surface area contributed by atoms with Crippen LogP contribution in [0.4, 0.5) is 0 Å². The van der Waals surface area contributed by atoms with Crippen molar-refractivity contribution in [2.45, 2.75) is 13.5 Å². The van der Waals surface area contributed by atoms with Crippen molar-refractivity contribution in [2.24, 2.45) is 14.1 Å². The molecule has 0 bridgehead atoms. The first-order chi connectivity index (χ1) is 7.99. The normalized spacial score (nSPS) is 10.7. The van der Waals surface area contributed by atoms with Crippen molar-refractivity contribution >= 4 is 11.2 Å². The predicted octanol–water partition coefficient (Wildman–Crippen LogP) is -0.734. The molecule has 0 radical (unpaired) electrons. The van der Waals surface area contributed by atoms with Gasteiger partial charge >= 0.3 is 5.69 Å². The minimum atomic E-state index is -0.432. The van der Waals surface area contributed by atoms with E-state index in [0.717, 1.165) is 4.57 Å². The Hall–Kier alpha value is -2.36. The van der Waals surface area contributed by atoms with Gasteiger partial charge in [0.05, 0.1) is 6.07 Å². The molecule has 0 atom stereocenters. The highest BCUT2D eigenvalue weighted by Crippen LogP contribution is 2.09. The van der Waals surface area contributed by atoms with E-state index in [0.29, 0.717) is 11.5 Å². The molecule has 0 fully saturated rings. The van der Waals surface area contributed by atoms with E-state index in [1.807, 2.05) is 6.07 Å². The highest BCUT2D eigenvalue weighted by molar-refractivity contribution is 5.71. The van der Waals surface area contributed by atoms with Gasteiger partial charge in [-0.1, -0.05) is 0 Å². The Morgan fingerprint density at radius 2 is 1.94 bits per heavy atom. The van der Waals surface area contributed by atoms with Crippen molar-refractivity contribution < 1.29 is 0 Å². The van der Waals surface area contributed by atoms with E-state index in [9.17, 15) is 9.59 Å². The van der Waals surface area contributed by atoms with Gasteiger partial charge in [0, 0.05) is 14.1 Å². The largest absolute Gasteiger partial charge is 0.332 e. The lowest BCUT2D eigenvalue weighted by molar-refractivity contribution is 0.703. The van der Waals surface area contributed by atoms with Gasteiger partial charge in [0.2, 0.25) is 0 Å². The monoisotopic (exact) mass is 233 g/mol. The Morgan fingerprint density at radius 1 is 1.29 bits per heavy atom. The number of fused-ring (bicyclic) bond motifs is 1. The van der Waals surface area contributed by atoms with Crippen molar-refractivity contribution in [1.29, 1.82) is 5.26 Å². The predicted molar refractivity (Wildman–Crippen MR) is 60.6 cm³/mol. The second-order valence-electron chi connectivity index (χ2n) is 3.78. The second kappa shape index (κ2) is 3.59. The van der Waals surface area contributed by atoms with Gasteiger partial charge in [-0.25, -0.2) is 9.78 Å². The molecule has 0 aliphatic heterocycles. The van der Waals surface area contributed by atoms with E-state index < -0.39 is 11.2 Å². The Labute approximate surface area is 96.2 Å². The van der Waals surface area contributed by atoms with E-state index >= 15 is 0 Å². The van der Waals surface area contributed by atoms with Crippen molar-refractivity contribution in [3.63, 3.8) is 0 Å². The summed E-state index contributed by atoms with van der Waals surface area (Å²) in [5.74, 6) is 0.542. The molecule has 0 saturated heterocycles. The average Bonchev–Trinajstić information content (AvgIpc) is 2.62. The number of imidazole rings is 1. The fourth-order valence-electron chi connectivity index (χ4n) is 1.82. The summed E-state index contributed by atoms with van der Waals surface area (Å²) in [7, 11) is 2.95. The molecule has 88 valence electrons. The van der Waals surface area contributed by atoms with E-state index in [4.69, 9.17) is 5.26 Å². The number of hydrogen-bond donors (Lipinski definition) is 0. The summed E-state index contributed by atoms with van der Waals surface area (Å²) in [6.45, 7) is 1.73.